The molecule has 0 saturated carbocycles. The van der Waals surface area contributed by atoms with Gasteiger partial charge in [-0.15, -0.1) is 0 Å². The second-order valence-electron chi connectivity index (χ2n) is 2.98. The maximum atomic E-state index is 11.0. The van der Waals surface area contributed by atoms with Gasteiger partial charge in [-0.25, -0.2) is 5.84 Å². The Balaban J connectivity index is 2.73. The summed E-state index contributed by atoms with van der Waals surface area (Å²) in [6.07, 6.45) is -0.0244. The van der Waals surface area contributed by atoms with Crippen molar-refractivity contribution in [2.45, 2.75) is 18.4 Å². The zero-order valence-electron chi connectivity index (χ0n) is 6.49. The lowest BCUT2D eigenvalue weighted by Gasteiger charge is -2.32. The molecular formula is C6H11N3O3. The first-order chi connectivity index (χ1) is 5.46. The molecule has 0 radical (unpaired) electrons. The molecule has 1 atom stereocenters. The Morgan fingerprint density at radius 2 is 2.25 bits per heavy atom. The predicted octanol–water partition coefficient (Wildman–Crippen LogP) is -1.74. The van der Waals surface area contributed by atoms with Crippen LogP contribution in [0.2, 0.25) is 0 Å². The molecule has 1 amide bonds. The van der Waals surface area contributed by atoms with Crippen molar-refractivity contribution in [3.8, 4) is 0 Å². The van der Waals surface area contributed by atoms with Crippen molar-refractivity contribution in [2.24, 2.45) is 11.6 Å². The van der Waals surface area contributed by atoms with Crippen molar-refractivity contribution in [1.82, 2.24) is 5.01 Å². The van der Waals surface area contributed by atoms with Crippen molar-refractivity contribution in [3.05, 3.63) is 0 Å². The van der Waals surface area contributed by atoms with Crippen LogP contribution in [0.1, 0.15) is 12.8 Å². The fraction of sp³-hybridized carbons (Fsp3) is 0.667. The summed E-state index contributed by atoms with van der Waals surface area (Å²) in [6, 6.07) is 0. The minimum Gasteiger partial charge on any atom is -0.480 e. The summed E-state index contributed by atoms with van der Waals surface area (Å²) in [4.78, 5) is 21.6. The van der Waals surface area contributed by atoms with Gasteiger partial charge in [0.1, 0.15) is 5.54 Å². The van der Waals surface area contributed by atoms with E-state index in [1.807, 2.05) is 0 Å². The Labute approximate surface area is 69.1 Å². The highest BCUT2D eigenvalue weighted by molar-refractivity contribution is 5.88. The zero-order valence-corrected chi connectivity index (χ0v) is 6.49. The predicted molar refractivity (Wildman–Crippen MR) is 39.7 cm³/mol. The van der Waals surface area contributed by atoms with E-state index in [2.05, 4.69) is 0 Å². The van der Waals surface area contributed by atoms with Gasteiger partial charge in [0.2, 0.25) is 5.91 Å². The minimum atomic E-state index is -1.42. The van der Waals surface area contributed by atoms with E-state index in [9.17, 15) is 9.59 Å². The number of rotatable bonds is 1. The number of aliphatic carboxylic acids is 1. The molecule has 1 aliphatic rings. The fourth-order valence-corrected chi connectivity index (χ4v) is 1.09. The van der Waals surface area contributed by atoms with Crippen LogP contribution in [0, 0.1) is 0 Å². The summed E-state index contributed by atoms with van der Waals surface area (Å²) >= 11 is 0. The lowest BCUT2D eigenvalue weighted by Crippen LogP contribution is -2.59. The molecule has 12 heavy (non-hydrogen) atoms. The summed E-state index contributed by atoms with van der Waals surface area (Å²) in [5, 5.41) is 9.66. The normalized spacial score (nSPS) is 30.5. The second-order valence-corrected chi connectivity index (χ2v) is 2.98. The number of hydrazine groups is 1. The molecule has 1 rings (SSSR count). The number of carbonyl (C=O) groups is 2. The summed E-state index contributed by atoms with van der Waals surface area (Å²) in [5.74, 6) is 3.66. The number of piperidine rings is 1. The second kappa shape index (κ2) is 2.72. The van der Waals surface area contributed by atoms with E-state index in [1.165, 1.54) is 0 Å². The van der Waals surface area contributed by atoms with Crippen LogP contribution in [0.3, 0.4) is 0 Å². The van der Waals surface area contributed by atoms with Crippen LogP contribution in [-0.2, 0) is 9.59 Å². The number of hydrogen-bond donors (Lipinski definition) is 3. The fourth-order valence-electron chi connectivity index (χ4n) is 1.09. The van der Waals surface area contributed by atoms with E-state index < -0.39 is 17.4 Å². The smallest absolute Gasteiger partial charge is 0.324 e. The Hall–Kier alpha value is -1.14. The van der Waals surface area contributed by atoms with Gasteiger partial charge < -0.3 is 10.8 Å². The topological polar surface area (TPSA) is 110 Å². The number of amides is 1. The van der Waals surface area contributed by atoms with Crippen LogP contribution in [0.15, 0.2) is 0 Å². The first kappa shape index (κ1) is 8.95. The van der Waals surface area contributed by atoms with Gasteiger partial charge in [-0.1, -0.05) is 0 Å². The molecule has 0 spiro atoms. The van der Waals surface area contributed by atoms with E-state index in [0.29, 0.717) is 0 Å². The molecule has 1 heterocycles. The van der Waals surface area contributed by atoms with Crippen LogP contribution >= 0.6 is 0 Å². The quantitative estimate of drug-likeness (QED) is 0.322. The molecule has 6 nitrogen and oxygen atoms in total. The van der Waals surface area contributed by atoms with Crippen LogP contribution in [0.4, 0.5) is 0 Å². The third kappa shape index (κ3) is 1.39. The Morgan fingerprint density at radius 1 is 1.67 bits per heavy atom. The van der Waals surface area contributed by atoms with Gasteiger partial charge in [-0.3, -0.25) is 14.6 Å². The Kier molecular flexibility index (Phi) is 2.03. The first-order valence-electron chi connectivity index (χ1n) is 3.53. The molecule has 5 N–H and O–H groups in total. The summed E-state index contributed by atoms with van der Waals surface area (Å²) < 4.78 is 0. The maximum absolute atomic E-state index is 11.0. The average molecular weight is 173 g/mol. The van der Waals surface area contributed by atoms with Crippen LogP contribution in [0.25, 0.3) is 0 Å². The van der Waals surface area contributed by atoms with Gasteiger partial charge >= 0.3 is 5.97 Å². The van der Waals surface area contributed by atoms with Gasteiger partial charge in [0.15, 0.2) is 0 Å². The highest BCUT2D eigenvalue weighted by Crippen LogP contribution is 2.18. The van der Waals surface area contributed by atoms with Crippen molar-refractivity contribution in [2.75, 3.05) is 6.54 Å². The van der Waals surface area contributed by atoms with Crippen molar-refractivity contribution in [3.63, 3.8) is 0 Å². The van der Waals surface area contributed by atoms with Gasteiger partial charge in [0.25, 0.3) is 0 Å². The zero-order chi connectivity index (χ0) is 9.35. The molecule has 0 bridgehead atoms. The van der Waals surface area contributed by atoms with E-state index in [4.69, 9.17) is 16.7 Å². The monoisotopic (exact) mass is 173 g/mol. The van der Waals surface area contributed by atoms with E-state index in [-0.39, 0.29) is 19.4 Å². The number of nitrogens with zero attached hydrogens (tertiary/aromatic N) is 1. The molecule has 1 aliphatic heterocycles. The van der Waals surface area contributed by atoms with Crippen molar-refractivity contribution in [1.29, 1.82) is 0 Å². The molecule has 1 saturated heterocycles. The number of nitrogens with two attached hydrogens (primary N) is 2. The van der Waals surface area contributed by atoms with Crippen LogP contribution in [-0.4, -0.2) is 34.1 Å². The van der Waals surface area contributed by atoms with Gasteiger partial charge in [0, 0.05) is 6.54 Å². The lowest BCUT2D eigenvalue weighted by molar-refractivity contribution is -0.151. The molecular weight excluding hydrogens is 162 g/mol. The molecule has 1 unspecified atom stereocenters. The number of carbonyl (C=O) groups excluding carboxylic acids is 1. The summed E-state index contributed by atoms with van der Waals surface area (Å²) in [6.45, 7) is 0.196. The molecule has 6 heteroatoms. The minimum absolute atomic E-state index is 0.196. The molecule has 1 fully saturated rings. The third-order valence-electron chi connectivity index (χ3n) is 2.01. The van der Waals surface area contributed by atoms with Gasteiger partial charge in [-0.2, -0.15) is 0 Å². The first-order valence-corrected chi connectivity index (χ1v) is 3.53. The van der Waals surface area contributed by atoms with Crippen LogP contribution < -0.4 is 11.6 Å². The SMILES string of the molecule is NN1CCC(N)(C(=O)O)CC1=O. The third-order valence-corrected chi connectivity index (χ3v) is 2.01. The highest BCUT2D eigenvalue weighted by Gasteiger charge is 2.41. The Morgan fingerprint density at radius 3 is 2.67 bits per heavy atom. The van der Waals surface area contributed by atoms with E-state index in [1.54, 1.807) is 0 Å². The highest BCUT2D eigenvalue weighted by atomic mass is 16.4. The summed E-state index contributed by atoms with van der Waals surface area (Å²) in [5.41, 5.74) is 4.03. The van der Waals surface area contributed by atoms with Gasteiger partial charge in [0.05, 0.1) is 6.42 Å². The molecule has 0 aromatic carbocycles. The van der Waals surface area contributed by atoms with E-state index in [0.717, 1.165) is 5.01 Å². The number of carboxylic acid groups (broad SMARTS) is 1. The summed E-state index contributed by atoms with van der Waals surface area (Å²) in [7, 11) is 0. The van der Waals surface area contributed by atoms with Crippen LogP contribution in [0.5, 0.6) is 0 Å². The maximum Gasteiger partial charge on any atom is 0.324 e. The van der Waals surface area contributed by atoms with Crippen molar-refractivity contribution < 1.29 is 14.7 Å². The lowest BCUT2D eigenvalue weighted by atomic mass is 9.89. The average Bonchev–Trinajstić information content (AvgIpc) is 1.97. The van der Waals surface area contributed by atoms with Gasteiger partial charge in [-0.05, 0) is 6.42 Å². The number of carboxylic acids is 1. The standard InChI is InChI=1S/C6H11N3O3/c7-6(5(11)12)1-2-9(8)4(10)3-6/h1-3,7-8H2,(H,11,12). The largest absolute Gasteiger partial charge is 0.480 e. The number of hydrogen-bond acceptors (Lipinski definition) is 4. The molecule has 0 aromatic rings. The Bertz CT molecular complexity index is 230. The molecule has 68 valence electrons. The molecule has 0 aliphatic carbocycles. The molecule has 0 aromatic heterocycles. The van der Waals surface area contributed by atoms with Crippen molar-refractivity contribution >= 4 is 11.9 Å². The van der Waals surface area contributed by atoms with E-state index >= 15 is 0 Å².